The normalized spacial score (nSPS) is 22.4. The number of unbranched alkanes of at least 4 members (excludes halogenated alkanes) is 10. The number of allylic oxidation sites excluding steroid dienone is 18. The summed E-state index contributed by atoms with van der Waals surface area (Å²) in [4.78, 5) is 23.2. The molecule has 66 heavy (non-hydrogen) atoms. The molecular weight excluding hydrogens is 860 g/mol. The van der Waals surface area contributed by atoms with Gasteiger partial charge in [0.2, 0.25) is 0 Å². The number of aliphatic hydroxyl groups excluding tert-OH is 5. The minimum atomic E-state index is -5.05. The van der Waals surface area contributed by atoms with Crippen LogP contribution in [0.25, 0.3) is 0 Å². The van der Waals surface area contributed by atoms with Crippen LogP contribution >= 0.6 is 7.82 Å². The van der Waals surface area contributed by atoms with Gasteiger partial charge in [0.25, 0.3) is 0 Å². The van der Waals surface area contributed by atoms with E-state index in [4.69, 9.17) is 18.5 Å². The molecule has 1 saturated carbocycles. The summed E-state index contributed by atoms with van der Waals surface area (Å²) in [6.45, 7) is 3.94. The molecule has 12 nitrogen and oxygen atoms in total. The molecule has 0 aliphatic heterocycles. The van der Waals surface area contributed by atoms with Crippen molar-refractivity contribution in [2.45, 2.75) is 198 Å². The first-order valence-electron chi connectivity index (χ1n) is 24.7. The van der Waals surface area contributed by atoms with Crippen molar-refractivity contribution < 1.29 is 58.3 Å². The summed E-state index contributed by atoms with van der Waals surface area (Å²) in [5, 5.41) is 50.3. The number of hydrogen-bond acceptors (Lipinski definition) is 11. The van der Waals surface area contributed by atoms with Crippen LogP contribution in [-0.4, -0.2) is 98.9 Å². The Bertz CT molecular complexity index is 1500. The van der Waals surface area contributed by atoms with Gasteiger partial charge < -0.3 is 39.9 Å². The van der Waals surface area contributed by atoms with Crippen molar-refractivity contribution in [2.75, 3.05) is 19.8 Å². The van der Waals surface area contributed by atoms with Gasteiger partial charge in [-0.1, -0.05) is 162 Å². The second kappa shape index (κ2) is 42.1. The van der Waals surface area contributed by atoms with Crippen molar-refractivity contribution in [2.24, 2.45) is 0 Å². The van der Waals surface area contributed by atoms with Crippen molar-refractivity contribution >= 4 is 13.8 Å². The van der Waals surface area contributed by atoms with E-state index in [9.17, 15) is 39.8 Å². The number of carbonyl (C=O) groups excluding carboxylic acids is 1. The third-order valence-electron chi connectivity index (χ3n) is 10.6. The number of phosphoric acid groups is 1. The van der Waals surface area contributed by atoms with Crippen LogP contribution in [0.5, 0.6) is 0 Å². The Morgan fingerprint density at radius 2 is 0.894 bits per heavy atom. The summed E-state index contributed by atoms with van der Waals surface area (Å²) >= 11 is 0. The molecule has 1 aliphatic rings. The molecule has 0 amide bonds. The smallest absolute Gasteiger partial charge is 0.457 e. The first-order chi connectivity index (χ1) is 32.0. The number of rotatable bonds is 40. The van der Waals surface area contributed by atoms with E-state index in [-0.39, 0.29) is 13.0 Å². The summed E-state index contributed by atoms with van der Waals surface area (Å²) in [6, 6.07) is 0. The maximum atomic E-state index is 12.8. The van der Waals surface area contributed by atoms with Gasteiger partial charge in [0.05, 0.1) is 13.2 Å². The highest BCUT2D eigenvalue weighted by atomic mass is 31.2. The van der Waals surface area contributed by atoms with Crippen LogP contribution in [0.3, 0.4) is 0 Å². The Kier molecular flexibility index (Phi) is 38.9. The maximum Gasteiger partial charge on any atom is 0.472 e. The van der Waals surface area contributed by atoms with E-state index < -0.39 is 63.1 Å². The molecule has 6 atom stereocenters. The topological polar surface area (TPSA) is 192 Å². The Hall–Kier alpha value is -3.00. The number of phosphoric ester groups is 1. The van der Waals surface area contributed by atoms with Gasteiger partial charge >= 0.3 is 13.8 Å². The lowest BCUT2D eigenvalue weighted by atomic mass is 9.85. The zero-order valence-corrected chi connectivity index (χ0v) is 41.1. The second-order valence-corrected chi connectivity index (χ2v) is 18.0. The summed E-state index contributed by atoms with van der Waals surface area (Å²) in [6.07, 6.45) is 47.3. The highest BCUT2D eigenvalue weighted by Gasteiger charge is 2.51. The minimum Gasteiger partial charge on any atom is -0.457 e. The van der Waals surface area contributed by atoms with Gasteiger partial charge in [-0.05, 0) is 96.3 Å². The van der Waals surface area contributed by atoms with E-state index in [2.05, 4.69) is 123 Å². The molecule has 1 aliphatic carbocycles. The molecule has 0 radical (unpaired) electrons. The van der Waals surface area contributed by atoms with E-state index >= 15 is 0 Å². The van der Waals surface area contributed by atoms with Gasteiger partial charge in [0.1, 0.15) is 42.7 Å². The van der Waals surface area contributed by atoms with Crippen molar-refractivity contribution in [1.82, 2.24) is 0 Å². The summed E-state index contributed by atoms with van der Waals surface area (Å²) in [7, 11) is -5.05. The van der Waals surface area contributed by atoms with E-state index in [1.54, 1.807) is 0 Å². The largest absolute Gasteiger partial charge is 0.472 e. The number of ether oxygens (including phenoxy) is 2. The van der Waals surface area contributed by atoms with Crippen LogP contribution in [0.1, 0.15) is 155 Å². The fourth-order valence-electron chi connectivity index (χ4n) is 6.73. The number of aliphatic hydroxyl groups is 5. The van der Waals surface area contributed by atoms with Crippen molar-refractivity contribution in [3.8, 4) is 0 Å². The van der Waals surface area contributed by atoms with E-state index in [1.165, 1.54) is 25.7 Å². The summed E-state index contributed by atoms with van der Waals surface area (Å²) in [5.74, 6) is -0.514. The lowest BCUT2D eigenvalue weighted by Gasteiger charge is -2.41. The fourth-order valence-corrected chi connectivity index (χ4v) is 7.70. The van der Waals surface area contributed by atoms with E-state index in [0.717, 1.165) is 96.3 Å². The number of carbonyl (C=O) groups is 1. The third-order valence-corrected chi connectivity index (χ3v) is 11.6. The quantitative estimate of drug-likeness (QED) is 0.0148. The molecule has 376 valence electrons. The Morgan fingerprint density at radius 1 is 0.500 bits per heavy atom. The maximum absolute atomic E-state index is 12.8. The Morgan fingerprint density at radius 3 is 1.36 bits per heavy atom. The highest BCUT2D eigenvalue weighted by Crippen LogP contribution is 2.47. The molecule has 0 heterocycles. The molecule has 0 aromatic heterocycles. The molecule has 0 saturated heterocycles. The summed E-state index contributed by atoms with van der Waals surface area (Å²) in [5.41, 5.74) is 0. The Balaban J connectivity index is 2.44. The molecule has 0 aromatic rings. The van der Waals surface area contributed by atoms with Gasteiger partial charge in [-0.15, -0.1) is 0 Å². The predicted octanol–water partition coefficient (Wildman–Crippen LogP) is 10.9. The van der Waals surface area contributed by atoms with Crippen LogP contribution in [-0.2, 0) is 27.9 Å². The van der Waals surface area contributed by atoms with Crippen molar-refractivity contribution in [3.05, 3.63) is 109 Å². The Labute approximate surface area is 397 Å². The van der Waals surface area contributed by atoms with Gasteiger partial charge in [-0.25, -0.2) is 4.57 Å². The van der Waals surface area contributed by atoms with E-state index in [0.29, 0.717) is 19.4 Å². The molecule has 1 rings (SSSR count). The summed E-state index contributed by atoms with van der Waals surface area (Å²) < 4.78 is 34.2. The molecule has 13 heteroatoms. The average Bonchev–Trinajstić information content (AvgIpc) is 3.30. The van der Waals surface area contributed by atoms with Crippen LogP contribution in [0.2, 0.25) is 0 Å². The molecule has 0 spiro atoms. The molecule has 0 aromatic carbocycles. The number of esters is 1. The minimum absolute atomic E-state index is 0.130. The van der Waals surface area contributed by atoms with Crippen molar-refractivity contribution in [3.63, 3.8) is 0 Å². The van der Waals surface area contributed by atoms with Crippen molar-refractivity contribution in [1.29, 1.82) is 0 Å². The SMILES string of the molecule is CC/C=C\C/C=C\C/C=C\C/C=C\C/C=C\C/C=C\CCCOCC(COP(=O)(O)OC1C(O)C(O)C(O)C(O)C1O)OC(=O)CCCCCCCC/C=C\C/C=C\C/C=C\CCCCC. The zero-order valence-electron chi connectivity index (χ0n) is 40.2. The van der Waals surface area contributed by atoms with Gasteiger partial charge in [0.15, 0.2) is 0 Å². The predicted molar refractivity (Wildman–Crippen MR) is 267 cm³/mol. The fraction of sp³-hybridized carbons (Fsp3) is 0.642. The van der Waals surface area contributed by atoms with Gasteiger partial charge in [0, 0.05) is 13.0 Å². The highest BCUT2D eigenvalue weighted by molar-refractivity contribution is 7.47. The lowest BCUT2D eigenvalue weighted by molar-refractivity contribution is -0.220. The standard InChI is InChI=1S/C53H87O12P/c1-3-5-7-9-11-13-15-17-19-21-23-25-27-29-31-33-35-37-39-41-43-62-44-46(45-63-66(60,61)65-53-51(58)49(56)48(55)50(57)52(53)59)64-47(54)42-40-38-36-34-32-30-28-26-24-22-20-18-16-14-12-10-8-6-4-2/h5,7,11-14,17-20,23-26,29,31,35,37,46,48-53,55-59H,3-4,6,8-10,15-16,21-22,27-28,30,32-34,36,38-45H2,1-2H3,(H,60,61)/b7-5-,13-11-,14-12-,19-17-,20-18-,25-23-,26-24-,31-29-,37-35-. The van der Waals surface area contributed by atoms with Gasteiger partial charge in [-0.3, -0.25) is 13.8 Å². The lowest BCUT2D eigenvalue weighted by Crippen LogP contribution is -2.64. The molecular formula is C53H87O12P. The third kappa shape index (κ3) is 33.5. The van der Waals surface area contributed by atoms with Crippen LogP contribution in [0.15, 0.2) is 109 Å². The average molecular weight is 947 g/mol. The van der Waals surface area contributed by atoms with Crippen LogP contribution in [0, 0.1) is 0 Å². The zero-order chi connectivity index (χ0) is 48.4. The second-order valence-electron chi connectivity index (χ2n) is 16.6. The monoisotopic (exact) mass is 947 g/mol. The van der Waals surface area contributed by atoms with Crippen LogP contribution < -0.4 is 0 Å². The first-order valence-corrected chi connectivity index (χ1v) is 26.2. The number of hydrogen-bond donors (Lipinski definition) is 6. The van der Waals surface area contributed by atoms with Gasteiger partial charge in [-0.2, -0.15) is 0 Å². The first kappa shape index (κ1) is 61.0. The van der Waals surface area contributed by atoms with E-state index in [1.807, 2.05) is 0 Å². The van der Waals surface area contributed by atoms with Crippen LogP contribution in [0.4, 0.5) is 0 Å². The molecule has 0 bridgehead atoms. The molecule has 1 fully saturated rings. The molecule has 6 N–H and O–H groups in total. The molecule has 6 unspecified atom stereocenters.